The number of aryl methyl sites for hydroxylation is 1. The lowest BCUT2D eigenvalue weighted by Gasteiger charge is -2.34. The van der Waals surface area contributed by atoms with Crippen molar-refractivity contribution >= 4 is 15.9 Å². The molecule has 5 nitrogen and oxygen atoms in total. The molecular formula is C19H21FN2O3S. The Labute approximate surface area is 153 Å². The van der Waals surface area contributed by atoms with Gasteiger partial charge in [-0.05, 0) is 30.7 Å². The molecule has 1 aliphatic rings. The Balaban J connectivity index is 1.62. The first kappa shape index (κ1) is 18.5. The van der Waals surface area contributed by atoms with Crippen LogP contribution in [0.1, 0.15) is 21.5 Å². The van der Waals surface area contributed by atoms with Crippen molar-refractivity contribution in [3.05, 3.63) is 71.0 Å². The maximum absolute atomic E-state index is 13.3. The number of carbonyl (C=O) groups is 1. The number of nitrogens with zero attached hydrogens (tertiary/aromatic N) is 2. The molecule has 0 atom stereocenters. The lowest BCUT2D eigenvalue weighted by molar-refractivity contribution is 0.0697. The van der Waals surface area contributed by atoms with Crippen LogP contribution in [-0.2, 0) is 15.8 Å². The van der Waals surface area contributed by atoms with Crippen molar-refractivity contribution in [1.29, 1.82) is 0 Å². The van der Waals surface area contributed by atoms with Crippen molar-refractivity contribution in [2.75, 3.05) is 26.2 Å². The van der Waals surface area contributed by atoms with Gasteiger partial charge in [0.1, 0.15) is 5.82 Å². The molecule has 0 aliphatic carbocycles. The first-order valence-electron chi connectivity index (χ1n) is 8.43. The van der Waals surface area contributed by atoms with E-state index in [9.17, 15) is 17.6 Å². The van der Waals surface area contributed by atoms with Crippen LogP contribution in [0.4, 0.5) is 4.39 Å². The number of rotatable bonds is 4. The average molecular weight is 376 g/mol. The molecular weight excluding hydrogens is 355 g/mol. The fraction of sp³-hybridized carbons (Fsp3) is 0.316. The average Bonchev–Trinajstić information content (AvgIpc) is 2.63. The summed E-state index contributed by atoms with van der Waals surface area (Å²) in [6.45, 7) is 3.03. The van der Waals surface area contributed by atoms with E-state index < -0.39 is 15.8 Å². The Morgan fingerprint density at radius 3 is 2.31 bits per heavy atom. The zero-order chi connectivity index (χ0) is 18.7. The number of halogens is 1. The van der Waals surface area contributed by atoms with Crippen molar-refractivity contribution in [1.82, 2.24) is 9.21 Å². The fourth-order valence-electron chi connectivity index (χ4n) is 2.96. The molecule has 1 heterocycles. The summed E-state index contributed by atoms with van der Waals surface area (Å²) < 4.78 is 39.9. The fourth-order valence-corrected chi connectivity index (χ4v) is 4.48. The van der Waals surface area contributed by atoms with Crippen molar-refractivity contribution in [2.24, 2.45) is 0 Å². The van der Waals surface area contributed by atoms with Crippen molar-refractivity contribution in [3.8, 4) is 0 Å². The summed E-state index contributed by atoms with van der Waals surface area (Å²) in [4.78, 5) is 14.0. The number of carbonyl (C=O) groups excluding carboxylic acids is 1. The monoisotopic (exact) mass is 376 g/mol. The van der Waals surface area contributed by atoms with Gasteiger partial charge in [-0.3, -0.25) is 4.79 Å². The topological polar surface area (TPSA) is 57.7 Å². The quantitative estimate of drug-likeness (QED) is 0.823. The summed E-state index contributed by atoms with van der Waals surface area (Å²) in [5.74, 6) is -0.791. The Hall–Kier alpha value is -2.25. The van der Waals surface area contributed by atoms with Gasteiger partial charge in [-0.15, -0.1) is 0 Å². The highest BCUT2D eigenvalue weighted by Gasteiger charge is 2.29. The molecule has 0 spiro atoms. The van der Waals surface area contributed by atoms with Gasteiger partial charge in [0, 0.05) is 31.7 Å². The maximum Gasteiger partial charge on any atom is 0.254 e. The number of sulfonamides is 1. The molecule has 0 radical (unpaired) electrons. The Morgan fingerprint density at radius 2 is 1.69 bits per heavy atom. The molecule has 1 aliphatic heterocycles. The second-order valence-corrected chi connectivity index (χ2v) is 8.41. The predicted molar refractivity (Wildman–Crippen MR) is 97.7 cm³/mol. The maximum atomic E-state index is 13.3. The van der Waals surface area contributed by atoms with Gasteiger partial charge in [0.25, 0.3) is 5.91 Å². The number of hydrogen-bond donors (Lipinski definition) is 0. The van der Waals surface area contributed by atoms with Crippen LogP contribution in [0.3, 0.4) is 0 Å². The first-order valence-corrected chi connectivity index (χ1v) is 10.0. The molecule has 2 aromatic rings. The van der Waals surface area contributed by atoms with E-state index in [1.807, 2.05) is 31.2 Å². The highest BCUT2D eigenvalue weighted by Crippen LogP contribution is 2.16. The molecule has 1 fully saturated rings. The van der Waals surface area contributed by atoms with Gasteiger partial charge in [0.2, 0.25) is 10.0 Å². The molecule has 1 saturated heterocycles. The molecule has 0 unspecified atom stereocenters. The molecule has 26 heavy (non-hydrogen) atoms. The Kier molecular flexibility index (Phi) is 5.38. The molecule has 138 valence electrons. The molecule has 0 saturated carbocycles. The number of amides is 1. The standard InChI is InChI=1S/C19H21FN2O3S/c1-15-5-7-16(8-6-15)14-26(24,25)22-11-9-21(10-12-22)19(23)17-3-2-4-18(20)13-17/h2-8,13H,9-12,14H2,1H3. The van der Waals surface area contributed by atoms with Gasteiger partial charge in [-0.2, -0.15) is 4.31 Å². The normalized spacial score (nSPS) is 15.8. The molecule has 0 bridgehead atoms. The summed E-state index contributed by atoms with van der Waals surface area (Å²) in [7, 11) is -3.43. The van der Waals surface area contributed by atoms with Crippen LogP contribution < -0.4 is 0 Å². The third-order valence-electron chi connectivity index (χ3n) is 4.46. The number of benzene rings is 2. The summed E-state index contributed by atoms with van der Waals surface area (Å²) in [6.07, 6.45) is 0. The van der Waals surface area contributed by atoms with Crippen LogP contribution in [0.2, 0.25) is 0 Å². The summed E-state index contributed by atoms with van der Waals surface area (Å²) >= 11 is 0. The minimum Gasteiger partial charge on any atom is -0.336 e. The zero-order valence-corrected chi connectivity index (χ0v) is 15.4. The zero-order valence-electron chi connectivity index (χ0n) is 14.6. The largest absolute Gasteiger partial charge is 0.336 e. The van der Waals surface area contributed by atoms with Crippen molar-refractivity contribution in [3.63, 3.8) is 0 Å². The summed E-state index contributed by atoms with van der Waals surface area (Å²) in [6, 6.07) is 12.9. The van der Waals surface area contributed by atoms with E-state index in [0.717, 1.165) is 11.1 Å². The lowest BCUT2D eigenvalue weighted by Crippen LogP contribution is -2.50. The number of hydrogen-bond acceptors (Lipinski definition) is 3. The molecule has 7 heteroatoms. The van der Waals surface area contributed by atoms with E-state index in [2.05, 4.69) is 0 Å². The third-order valence-corrected chi connectivity index (χ3v) is 6.31. The summed E-state index contributed by atoms with van der Waals surface area (Å²) in [5.41, 5.74) is 2.10. The van der Waals surface area contributed by atoms with E-state index in [-0.39, 0.29) is 30.3 Å². The first-order chi connectivity index (χ1) is 12.3. The molecule has 0 aromatic heterocycles. The SMILES string of the molecule is Cc1ccc(CS(=O)(=O)N2CCN(C(=O)c3cccc(F)c3)CC2)cc1. The highest BCUT2D eigenvalue weighted by molar-refractivity contribution is 7.88. The second kappa shape index (κ2) is 7.55. The third kappa shape index (κ3) is 4.28. The molecule has 2 aromatic carbocycles. The van der Waals surface area contributed by atoms with Crippen LogP contribution in [0.15, 0.2) is 48.5 Å². The highest BCUT2D eigenvalue weighted by atomic mass is 32.2. The van der Waals surface area contributed by atoms with E-state index in [1.165, 1.54) is 22.5 Å². The van der Waals surface area contributed by atoms with Gasteiger partial charge in [0.15, 0.2) is 0 Å². The van der Waals surface area contributed by atoms with Crippen LogP contribution in [0, 0.1) is 12.7 Å². The van der Waals surface area contributed by atoms with Gasteiger partial charge < -0.3 is 4.90 Å². The number of piperazine rings is 1. The van der Waals surface area contributed by atoms with Gasteiger partial charge in [0.05, 0.1) is 5.75 Å². The Morgan fingerprint density at radius 1 is 1.04 bits per heavy atom. The van der Waals surface area contributed by atoms with Crippen molar-refractivity contribution < 1.29 is 17.6 Å². The molecule has 0 N–H and O–H groups in total. The van der Waals surface area contributed by atoms with Gasteiger partial charge in [-0.25, -0.2) is 12.8 Å². The van der Waals surface area contributed by atoms with E-state index in [0.29, 0.717) is 13.1 Å². The summed E-state index contributed by atoms with van der Waals surface area (Å²) in [5, 5.41) is 0. The smallest absolute Gasteiger partial charge is 0.254 e. The predicted octanol–water partition coefficient (Wildman–Crippen LogP) is 2.42. The molecule has 3 rings (SSSR count). The molecule has 1 amide bonds. The minimum absolute atomic E-state index is 0.0505. The van der Waals surface area contributed by atoms with Crippen LogP contribution in [0.25, 0.3) is 0 Å². The van der Waals surface area contributed by atoms with Crippen LogP contribution in [-0.4, -0.2) is 49.7 Å². The lowest BCUT2D eigenvalue weighted by atomic mass is 10.2. The van der Waals surface area contributed by atoms with Gasteiger partial charge in [-0.1, -0.05) is 35.9 Å². The Bertz CT molecular complexity index is 889. The van der Waals surface area contributed by atoms with Crippen molar-refractivity contribution in [2.45, 2.75) is 12.7 Å². The minimum atomic E-state index is -3.43. The van der Waals surface area contributed by atoms with Crippen LogP contribution >= 0.6 is 0 Å². The van der Waals surface area contributed by atoms with E-state index in [1.54, 1.807) is 11.0 Å². The second-order valence-electron chi connectivity index (χ2n) is 6.44. The van der Waals surface area contributed by atoms with E-state index >= 15 is 0 Å². The van der Waals surface area contributed by atoms with E-state index in [4.69, 9.17) is 0 Å². The van der Waals surface area contributed by atoms with Gasteiger partial charge >= 0.3 is 0 Å². The van der Waals surface area contributed by atoms with Crippen LogP contribution in [0.5, 0.6) is 0 Å².